The van der Waals surface area contributed by atoms with E-state index in [1.54, 1.807) is 6.33 Å². The van der Waals surface area contributed by atoms with Gasteiger partial charge in [0.05, 0.1) is 18.2 Å². The van der Waals surface area contributed by atoms with Gasteiger partial charge in [-0.05, 0) is 42.2 Å². The minimum absolute atomic E-state index is 0.311. The Morgan fingerprint density at radius 2 is 1.93 bits per heavy atom. The second-order valence-electron chi connectivity index (χ2n) is 6.68. The molecule has 0 spiro atoms. The van der Waals surface area contributed by atoms with Crippen molar-refractivity contribution < 1.29 is 9.47 Å². The summed E-state index contributed by atoms with van der Waals surface area (Å²) < 4.78 is 12.4. The maximum absolute atomic E-state index is 6.03. The van der Waals surface area contributed by atoms with Crippen LogP contribution in [0.3, 0.4) is 0 Å². The Morgan fingerprint density at radius 1 is 1.07 bits per heavy atom. The first kappa shape index (κ1) is 18.3. The number of ether oxygens (including phenoxy) is 2. The van der Waals surface area contributed by atoms with E-state index in [1.807, 2.05) is 18.2 Å². The molecule has 1 aromatic heterocycles. The van der Waals surface area contributed by atoms with Crippen molar-refractivity contribution in [3.63, 3.8) is 0 Å². The summed E-state index contributed by atoms with van der Waals surface area (Å²) in [7, 11) is 0. The zero-order valence-electron chi connectivity index (χ0n) is 15.0. The summed E-state index contributed by atoms with van der Waals surface area (Å²) in [5.74, 6) is 0.838. The molecule has 0 aliphatic carbocycles. The van der Waals surface area contributed by atoms with Gasteiger partial charge in [-0.2, -0.15) is 0 Å². The Bertz CT molecular complexity index is 913. The fourth-order valence-electron chi connectivity index (χ4n) is 3.24. The third-order valence-electron chi connectivity index (χ3n) is 4.70. The van der Waals surface area contributed by atoms with E-state index in [4.69, 9.17) is 9.47 Å². The second kappa shape index (κ2) is 8.78. The van der Waals surface area contributed by atoms with Crippen molar-refractivity contribution in [2.24, 2.45) is 0 Å². The van der Waals surface area contributed by atoms with Crippen molar-refractivity contribution in [1.29, 1.82) is 0 Å². The smallest absolute Gasteiger partial charge is 0.137 e. The predicted molar refractivity (Wildman–Crippen MR) is 110 cm³/mol. The fraction of sp³-hybridized carbons (Fsp3) is 0.333. The molecule has 0 atom stereocenters. The van der Waals surface area contributed by atoms with E-state index in [9.17, 15) is 0 Å². The minimum atomic E-state index is 0.311. The normalized spacial score (nSPS) is 15.1. The number of nitrogens with zero attached hydrogens (tertiary/aromatic N) is 2. The molecule has 27 heavy (non-hydrogen) atoms. The van der Waals surface area contributed by atoms with Crippen molar-refractivity contribution in [3.8, 4) is 0 Å². The molecule has 0 amide bonds. The van der Waals surface area contributed by atoms with Crippen molar-refractivity contribution in [1.82, 2.24) is 9.97 Å². The molecule has 1 aliphatic rings. The highest BCUT2D eigenvalue weighted by molar-refractivity contribution is 9.10. The average molecular weight is 428 g/mol. The van der Waals surface area contributed by atoms with Gasteiger partial charge < -0.3 is 14.8 Å². The summed E-state index contributed by atoms with van der Waals surface area (Å²) in [6.07, 6.45) is 3.87. The summed E-state index contributed by atoms with van der Waals surface area (Å²) >= 11 is 3.52. The quantitative estimate of drug-likeness (QED) is 0.617. The van der Waals surface area contributed by atoms with Gasteiger partial charge in [-0.3, -0.25) is 0 Å². The Hall–Kier alpha value is -2.02. The van der Waals surface area contributed by atoms with Crippen LogP contribution >= 0.6 is 15.9 Å². The largest absolute Gasteiger partial charge is 0.381 e. The van der Waals surface area contributed by atoms with E-state index >= 15 is 0 Å². The van der Waals surface area contributed by atoms with Crippen LogP contribution in [-0.2, 0) is 22.6 Å². The van der Waals surface area contributed by atoms with Gasteiger partial charge in [-0.15, -0.1) is 0 Å². The molecule has 3 aromatic rings. The lowest BCUT2D eigenvalue weighted by atomic mass is 10.1. The lowest BCUT2D eigenvalue weighted by Crippen LogP contribution is -2.23. The number of aromatic nitrogens is 2. The third kappa shape index (κ3) is 4.83. The molecule has 1 aliphatic heterocycles. The Morgan fingerprint density at radius 3 is 2.81 bits per heavy atom. The van der Waals surface area contributed by atoms with Gasteiger partial charge in [0.25, 0.3) is 0 Å². The van der Waals surface area contributed by atoms with Gasteiger partial charge in [0.2, 0.25) is 0 Å². The van der Waals surface area contributed by atoms with E-state index < -0.39 is 0 Å². The maximum atomic E-state index is 6.03. The number of nitrogens with one attached hydrogen (secondary N) is 1. The lowest BCUT2D eigenvalue weighted by Gasteiger charge is -2.22. The van der Waals surface area contributed by atoms with Gasteiger partial charge >= 0.3 is 0 Å². The number of hydrogen-bond acceptors (Lipinski definition) is 5. The van der Waals surface area contributed by atoms with Crippen LogP contribution in [0.15, 0.2) is 53.3 Å². The van der Waals surface area contributed by atoms with E-state index in [2.05, 4.69) is 55.5 Å². The second-order valence-corrected chi connectivity index (χ2v) is 7.60. The van der Waals surface area contributed by atoms with Crippen LogP contribution in [0, 0.1) is 0 Å². The topological polar surface area (TPSA) is 56.3 Å². The van der Waals surface area contributed by atoms with E-state index in [1.165, 1.54) is 11.1 Å². The van der Waals surface area contributed by atoms with Gasteiger partial charge in [-0.1, -0.05) is 40.2 Å². The Balaban J connectivity index is 1.40. The number of rotatable bonds is 6. The molecular formula is C21H22BrN3O2. The highest BCUT2D eigenvalue weighted by Gasteiger charge is 2.14. The van der Waals surface area contributed by atoms with E-state index in [0.717, 1.165) is 47.2 Å². The summed E-state index contributed by atoms with van der Waals surface area (Å²) in [4.78, 5) is 8.73. The third-order valence-corrected chi connectivity index (χ3v) is 5.20. The molecule has 1 N–H and O–H groups in total. The van der Waals surface area contributed by atoms with Crippen LogP contribution in [0.4, 0.5) is 5.82 Å². The summed E-state index contributed by atoms with van der Waals surface area (Å²) in [6, 6.07) is 14.5. The highest BCUT2D eigenvalue weighted by atomic mass is 79.9. The maximum Gasteiger partial charge on any atom is 0.137 e. The van der Waals surface area contributed by atoms with E-state index in [0.29, 0.717) is 19.3 Å². The van der Waals surface area contributed by atoms with Crippen LogP contribution in [0.2, 0.25) is 0 Å². The standard InChI is InChI=1S/C21H22BrN3O2/c22-17-4-5-20-19(11-17)21(25-14-24-20)23-12-15-2-1-3-16(10-15)13-27-18-6-8-26-9-7-18/h1-5,10-11,14,18H,6-9,12-13H2,(H,23,24,25). The first-order chi connectivity index (χ1) is 13.3. The predicted octanol–water partition coefficient (Wildman–Crippen LogP) is 4.70. The molecule has 0 saturated carbocycles. The molecule has 1 fully saturated rings. The van der Waals surface area contributed by atoms with Gasteiger partial charge in [0, 0.05) is 29.6 Å². The molecule has 5 nitrogen and oxygen atoms in total. The van der Waals surface area contributed by atoms with Crippen molar-refractivity contribution >= 4 is 32.7 Å². The average Bonchev–Trinajstić information content (AvgIpc) is 2.72. The molecule has 2 heterocycles. The zero-order chi connectivity index (χ0) is 18.5. The molecule has 140 valence electrons. The summed E-state index contributed by atoms with van der Waals surface area (Å²) in [5.41, 5.74) is 3.32. The number of fused-ring (bicyclic) bond motifs is 1. The minimum Gasteiger partial charge on any atom is -0.381 e. The van der Waals surface area contributed by atoms with Gasteiger partial charge in [-0.25, -0.2) is 9.97 Å². The number of halogens is 1. The van der Waals surface area contributed by atoms with Crippen LogP contribution in [-0.4, -0.2) is 29.3 Å². The monoisotopic (exact) mass is 427 g/mol. The van der Waals surface area contributed by atoms with Crippen LogP contribution in [0.25, 0.3) is 10.9 Å². The number of anilines is 1. The van der Waals surface area contributed by atoms with Crippen LogP contribution in [0.1, 0.15) is 24.0 Å². The number of hydrogen-bond donors (Lipinski definition) is 1. The zero-order valence-corrected chi connectivity index (χ0v) is 16.6. The molecule has 4 rings (SSSR count). The van der Waals surface area contributed by atoms with Crippen molar-refractivity contribution in [3.05, 3.63) is 64.4 Å². The number of benzene rings is 2. The molecular weight excluding hydrogens is 406 g/mol. The van der Waals surface area contributed by atoms with Gasteiger partial charge in [0.15, 0.2) is 0 Å². The molecule has 0 unspecified atom stereocenters. The molecule has 0 radical (unpaired) electrons. The van der Waals surface area contributed by atoms with Crippen LogP contribution in [0.5, 0.6) is 0 Å². The highest BCUT2D eigenvalue weighted by Crippen LogP contribution is 2.24. The van der Waals surface area contributed by atoms with Crippen LogP contribution < -0.4 is 5.32 Å². The Kier molecular flexibility index (Phi) is 5.97. The van der Waals surface area contributed by atoms with Gasteiger partial charge in [0.1, 0.15) is 12.1 Å². The first-order valence-corrected chi connectivity index (χ1v) is 9.98. The Labute approximate surface area is 167 Å². The molecule has 1 saturated heterocycles. The molecule has 0 bridgehead atoms. The van der Waals surface area contributed by atoms with Crippen molar-refractivity contribution in [2.75, 3.05) is 18.5 Å². The summed E-state index contributed by atoms with van der Waals surface area (Å²) in [6.45, 7) is 2.95. The lowest BCUT2D eigenvalue weighted by molar-refractivity contribution is -0.0390. The SMILES string of the molecule is Brc1ccc2ncnc(NCc3cccc(COC4CCOCC4)c3)c2c1. The molecule has 6 heteroatoms. The van der Waals surface area contributed by atoms with E-state index in [-0.39, 0.29) is 0 Å². The fourth-order valence-corrected chi connectivity index (χ4v) is 3.60. The summed E-state index contributed by atoms with van der Waals surface area (Å²) in [5, 5.41) is 4.44. The first-order valence-electron chi connectivity index (χ1n) is 9.19. The van der Waals surface area contributed by atoms with Crippen molar-refractivity contribution in [2.45, 2.75) is 32.1 Å². The molecule has 2 aromatic carbocycles.